The van der Waals surface area contributed by atoms with E-state index in [1.54, 1.807) is 36.7 Å². The van der Waals surface area contributed by atoms with Gasteiger partial charge in [-0.25, -0.2) is 19.2 Å². The summed E-state index contributed by atoms with van der Waals surface area (Å²) in [7, 11) is 0. The molecule has 1 fully saturated rings. The number of hydrogen-bond acceptors (Lipinski definition) is 5. The molecule has 1 saturated heterocycles. The molecule has 3 heterocycles. The van der Waals surface area contributed by atoms with Crippen LogP contribution in [0.4, 0.5) is 20.7 Å². The number of benzene rings is 1. The lowest BCUT2D eigenvalue weighted by Crippen LogP contribution is -2.28. The smallest absolute Gasteiger partial charge is 0.319 e. The number of amides is 2. The fraction of sp³-hybridized carbons (Fsp3) is 0.227. The molecule has 2 N–H and O–H groups in total. The third-order valence-electron chi connectivity index (χ3n) is 4.74. The van der Waals surface area contributed by atoms with Gasteiger partial charge in [0.1, 0.15) is 17.4 Å². The Morgan fingerprint density at radius 3 is 2.73 bits per heavy atom. The zero-order valence-electron chi connectivity index (χ0n) is 16.3. The van der Waals surface area contributed by atoms with E-state index in [0.29, 0.717) is 22.9 Å². The molecule has 0 atom stereocenters. The number of carbonyl (C=O) groups is 1. The Bertz CT molecular complexity index is 1010. The zero-order valence-corrected chi connectivity index (χ0v) is 16.3. The molecular weight excluding hydrogens is 385 g/mol. The second-order valence-electron chi connectivity index (χ2n) is 6.93. The quantitative estimate of drug-likeness (QED) is 0.636. The van der Waals surface area contributed by atoms with Crippen molar-refractivity contribution in [2.45, 2.75) is 19.4 Å². The van der Waals surface area contributed by atoms with E-state index in [1.807, 2.05) is 12.1 Å². The van der Waals surface area contributed by atoms with Crippen LogP contribution in [0.25, 0.3) is 0 Å². The molecule has 0 aliphatic carbocycles. The molecule has 0 radical (unpaired) electrons. The second kappa shape index (κ2) is 9.21. The van der Waals surface area contributed by atoms with Gasteiger partial charge in [-0.2, -0.15) is 0 Å². The Labute approximate surface area is 173 Å². The molecule has 1 aliphatic rings. The number of aromatic nitrogens is 2. The molecule has 0 unspecified atom stereocenters. The number of nitrogens with zero attached hydrogens (tertiary/aromatic N) is 3. The largest absolute Gasteiger partial charge is 0.439 e. The average Bonchev–Trinajstić information content (AvgIpc) is 3.29. The van der Waals surface area contributed by atoms with Crippen LogP contribution in [0, 0.1) is 5.82 Å². The van der Waals surface area contributed by atoms with Gasteiger partial charge in [-0.3, -0.25) is 0 Å². The van der Waals surface area contributed by atoms with Crippen molar-refractivity contribution in [1.82, 2.24) is 15.3 Å². The van der Waals surface area contributed by atoms with Gasteiger partial charge in [-0.1, -0.05) is 12.1 Å². The number of halogens is 1. The Morgan fingerprint density at radius 2 is 1.97 bits per heavy atom. The van der Waals surface area contributed by atoms with Crippen LogP contribution in [0.5, 0.6) is 11.6 Å². The zero-order chi connectivity index (χ0) is 20.8. The predicted octanol–water partition coefficient (Wildman–Crippen LogP) is 4.33. The van der Waals surface area contributed by atoms with Gasteiger partial charge in [0.15, 0.2) is 0 Å². The van der Waals surface area contributed by atoms with Crippen LogP contribution in [-0.4, -0.2) is 29.1 Å². The summed E-state index contributed by atoms with van der Waals surface area (Å²) < 4.78 is 19.0. The molecule has 3 aromatic rings. The highest BCUT2D eigenvalue weighted by atomic mass is 19.1. The normalized spacial score (nSPS) is 13.2. The average molecular weight is 407 g/mol. The first-order valence-electron chi connectivity index (χ1n) is 9.80. The number of nitrogens with one attached hydrogen (secondary N) is 2. The second-order valence-corrected chi connectivity index (χ2v) is 6.93. The van der Waals surface area contributed by atoms with E-state index in [9.17, 15) is 9.18 Å². The number of urea groups is 1. The first-order valence-corrected chi connectivity index (χ1v) is 9.80. The molecule has 0 spiro atoms. The fourth-order valence-corrected chi connectivity index (χ4v) is 3.24. The third kappa shape index (κ3) is 5.02. The Balaban J connectivity index is 1.33. The predicted molar refractivity (Wildman–Crippen MR) is 112 cm³/mol. The maximum absolute atomic E-state index is 13.4. The van der Waals surface area contributed by atoms with Gasteiger partial charge in [0.2, 0.25) is 5.88 Å². The molecule has 0 bridgehead atoms. The summed E-state index contributed by atoms with van der Waals surface area (Å²) in [5.74, 6) is 1.17. The van der Waals surface area contributed by atoms with Crippen molar-refractivity contribution < 1.29 is 13.9 Å². The van der Waals surface area contributed by atoms with Gasteiger partial charge < -0.3 is 20.3 Å². The molecule has 1 aliphatic heterocycles. The van der Waals surface area contributed by atoms with Crippen molar-refractivity contribution >= 4 is 17.5 Å². The molecule has 0 saturated carbocycles. The molecule has 2 aromatic heterocycles. The molecular formula is C22H22FN5O2. The maximum atomic E-state index is 13.4. The molecule has 8 heteroatoms. The lowest BCUT2D eigenvalue weighted by atomic mass is 10.2. The van der Waals surface area contributed by atoms with E-state index in [-0.39, 0.29) is 12.6 Å². The van der Waals surface area contributed by atoms with Crippen molar-refractivity contribution in [2.24, 2.45) is 0 Å². The van der Waals surface area contributed by atoms with Crippen LogP contribution in [0.15, 0.2) is 60.9 Å². The number of pyridine rings is 2. The number of carbonyl (C=O) groups excluding carboxylic acids is 1. The van der Waals surface area contributed by atoms with Crippen LogP contribution in [0.1, 0.15) is 18.4 Å². The minimum absolute atomic E-state index is 0.198. The third-order valence-corrected chi connectivity index (χ3v) is 4.74. The van der Waals surface area contributed by atoms with Gasteiger partial charge >= 0.3 is 6.03 Å². The summed E-state index contributed by atoms with van der Waals surface area (Å²) in [6, 6.07) is 12.7. The summed E-state index contributed by atoms with van der Waals surface area (Å²) in [6.07, 6.45) is 5.59. The minimum atomic E-state index is -0.396. The summed E-state index contributed by atoms with van der Waals surface area (Å²) in [5, 5.41) is 5.54. The number of hydrogen-bond donors (Lipinski definition) is 2. The van der Waals surface area contributed by atoms with E-state index >= 15 is 0 Å². The maximum Gasteiger partial charge on any atom is 0.319 e. The Kier molecular flexibility index (Phi) is 6.03. The summed E-state index contributed by atoms with van der Waals surface area (Å²) in [4.78, 5) is 23.1. The monoisotopic (exact) mass is 407 g/mol. The van der Waals surface area contributed by atoms with Gasteiger partial charge in [0, 0.05) is 37.5 Å². The van der Waals surface area contributed by atoms with Gasteiger partial charge in [-0.15, -0.1) is 0 Å². The molecule has 154 valence electrons. The Morgan fingerprint density at radius 1 is 1.10 bits per heavy atom. The van der Waals surface area contributed by atoms with Crippen LogP contribution in [0.3, 0.4) is 0 Å². The summed E-state index contributed by atoms with van der Waals surface area (Å²) in [5.41, 5.74) is 1.28. The van der Waals surface area contributed by atoms with Crippen LogP contribution < -0.4 is 20.3 Å². The van der Waals surface area contributed by atoms with E-state index in [0.717, 1.165) is 18.9 Å². The van der Waals surface area contributed by atoms with Crippen molar-refractivity contribution in [3.63, 3.8) is 0 Å². The van der Waals surface area contributed by atoms with E-state index in [1.165, 1.54) is 25.0 Å². The highest BCUT2D eigenvalue weighted by Gasteiger charge is 2.13. The van der Waals surface area contributed by atoms with Crippen LogP contribution in [-0.2, 0) is 6.54 Å². The number of rotatable bonds is 6. The van der Waals surface area contributed by atoms with Crippen molar-refractivity contribution in [1.29, 1.82) is 0 Å². The first kappa shape index (κ1) is 19.6. The van der Waals surface area contributed by atoms with E-state index in [2.05, 4.69) is 25.5 Å². The minimum Gasteiger partial charge on any atom is -0.439 e. The summed E-state index contributed by atoms with van der Waals surface area (Å²) >= 11 is 0. The van der Waals surface area contributed by atoms with Crippen molar-refractivity contribution in [2.75, 3.05) is 23.3 Å². The van der Waals surface area contributed by atoms with Crippen molar-refractivity contribution in [3.8, 4) is 11.6 Å². The van der Waals surface area contributed by atoms with Crippen LogP contribution >= 0.6 is 0 Å². The molecule has 1 aromatic carbocycles. The number of ether oxygens (including phenoxy) is 1. The van der Waals surface area contributed by atoms with E-state index in [4.69, 9.17) is 4.74 Å². The molecule has 2 amide bonds. The van der Waals surface area contributed by atoms with Gasteiger partial charge in [0.25, 0.3) is 0 Å². The summed E-state index contributed by atoms with van der Waals surface area (Å²) in [6.45, 7) is 2.24. The fourth-order valence-electron chi connectivity index (χ4n) is 3.24. The molecule has 30 heavy (non-hydrogen) atoms. The van der Waals surface area contributed by atoms with Crippen molar-refractivity contribution in [3.05, 3.63) is 72.3 Å². The highest BCUT2D eigenvalue weighted by molar-refractivity contribution is 5.89. The standard InChI is InChI=1S/C22H22FN5O2/c23-17-6-3-7-19(13-17)30-21-16(5-4-10-24-21)14-26-22(29)27-18-8-9-20(25-15-18)28-11-1-2-12-28/h3-10,13,15H,1-2,11-12,14H2,(H2,26,27,29). The van der Waals surface area contributed by atoms with E-state index < -0.39 is 5.82 Å². The Hall–Kier alpha value is -3.68. The lowest BCUT2D eigenvalue weighted by Gasteiger charge is -2.16. The van der Waals surface area contributed by atoms with Gasteiger partial charge in [-0.05, 0) is 43.2 Å². The van der Waals surface area contributed by atoms with Crippen LogP contribution in [0.2, 0.25) is 0 Å². The number of anilines is 2. The SMILES string of the molecule is O=C(NCc1cccnc1Oc1cccc(F)c1)Nc1ccc(N2CCCC2)nc1. The first-order chi connectivity index (χ1) is 14.7. The van der Waals surface area contributed by atoms with Gasteiger partial charge in [0.05, 0.1) is 11.9 Å². The molecule has 7 nitrogen and oxygen atoms in total. The molecule has 4 rings (SSSR count). The topological polar surface area (TPSA) is 79.4 Å². The lowest BCUT2D eigenvalue weighted by molar-refractivity contribution is 0.251. The highest BCUT2D eigenvalue weighted by Crippen LogP contribution is 2.23.